The van der Waals surface area contributed by atoms with E-state index in [4.69, 9.17) is 4.74 Å². The molecule has 0 spiro atoms. The Kier molecular flexibility index (Phi) is 5.55. The van der Waals surface area contributed by atoms with Gasteiger partial charge in [0.2, 0.25) is 0 Å². The van der Waals surface area contributed by atoms with E-state index in [-0.39, 0.29) is 0 Å². The second-order valence-electron chi connectivity index (χ2n) is 6.46. The minimum Gasteiger partial charge on any atom is -0.499 e. The van der Waals surface area contributed by atoms with Crippen LogP contribution in [-0.4, -0.2) is 6.61 Å². The lowest BCUT2D eigenvalue weighted by Gasteiger charge is -2.22. The monoisotopic (exact) mass is 238 g/mol. The second kappa shape index (κ2) is 6.47. The Labute approximate surface area is 108 Å². The maximum absolute atomic E-state index is 5.49. The summed E-state index contributed by atoms with van der Waals surface area (Å²) in [5.74, 6) is 2.69. The van der Waals surface area contributed by atoms with Gasteiger partial charge in [-0.1, -0.05) is 33.8 Å². The van der Waals surface area contributed by atoms with Crippen LogP contribution in [0.4, 0.5) is 0 Å². The lowest BCUT2D eigenvalue weighted by Crippen LogP contribution is -2.10. The predicted octanol–water partition coefficient (Wildman–Crippen LogP) is 5.17. The van der Waals surface area contributed by atoms with Crippen molar-refractivity contribution in [2.24, 2.45) is 17.3 Å². The van der Waals surface area contributed by atoms with E-state index in [0.717, 1.165) is 30.6 Å². The van der Waals surface area contributed by atoms with Crippen molar-refractivity contribution in [3.05, 3.63) is 12.3 Å². The van der Waals surface area contributed by atoms with Gasteiger partial charge < -0.3 is 4.74 Å². The number of hydrogen-bond donors (Lipinski definition) is 0. The molecule has 100 valence electrons. The molecule has 1 nitrogen and oxygen atoms in total. The molecule has 0 aromatic rings. The van der Waals surface area contributed by atoms with Gasteiger partial charge >= 0.3 is 0 Å². The summed E-state index contributed by atoms with van der Waals surface area (Å²) in [6.07, 6.45) is 7.91. The summed E-state index contributed by atoms with van der Waals surface area (Å²) >= 11 is 0. The number of allylic oxidation sites excluding steroid dienone is 1. The Bertz CT molecular complexity index is 242. The zero-order valence-electron chi connectivity index (χ0n) is 12.2. The lowest BCUT2D eigenvalue weighted by atomic mass is 9.85. The van der Waals surface area contributed by atoms with Crippen molar-refractivity contribution in [1.29, 1.82) is 0 Å². The largest absolute Gasteiger partial charge is 0.499 e. The van der Waals surface area contributed by atoms with Crippen molar-refractivity contribution in [2.75, 3.05) is 6.61 Å². The normalized spacial score (nSPS) is 24.6. The summed E-state index contributed by atoms with van der Waals surface area (Å²) < 4.78 is 5.49. The van der Waals surface area contributed by atoms with Crippen molar-refractivity contribution >= 4 is 0 Å². The van der Waals surface area contributed by atoms with Crippen LogP contribution >= 0.6 is 0 Å². The van der Waals surface area contributed by atoms with Crippen LogP contribution in [0.3, 0.4) is 0 Å². The summed E-state index contributed by atoms with van der Waals surface area (Å²) in [5, 5.41) is 0. The van der Waals surface area contributed by atoms with E-state index in [1.807, 2.05) is 6.92 Å². The Balaban J connectivity index is 2.34. The molecular formula is C16H30O. The first-order chi connectivity index (χ1) is 7.96. The summed E-state index contributed by atoms with van der Waals surface area (Å²) in [5.41, 5.74) is 0.583. The fourth-order valence-corrected chi connectivity index (χ4v) is 3.23. The topological polar surface area (TPSA) is 9.23 Å². The SMILES string of the molecule is C=C(CC(CC)CC1CCC(C)(C)C1)OCC. The Morgan fingerprint density at radius 1 is 1.41 bits per heavy atom. The van der Waals surface area contributed by atoms with Crippen LogP contribution < -0.4 is 0 Å². The highest BCUT2D eigenvalue weighted by Gasteiger charge is 2.31. The minimum absolute atomic E-state index is 0.583. The maximum Gasteiger partial charge on any atom is 0.0890 e. The molecule has 0 N–H and O–H groups in total. The molecule has 0 radical (unpaired) electrons. The van der Waals surface area contributed by atoms with E-state index in [9.17, 15) is 0 Å². The van der Waals surface area contributed by atoms with Gasteiger partial charge in [-0.15, -0.1) is 0 Å². The summed E-state index contributed by atoms with van der Waals surface area (Å²) in [4.78, 5) is 0. The molecule has 0 saturated heterocycles. The Morgan fingerprint density at radius 3 is 2.59 bits per heavy atom. The summed E-state index contributed by atoms with van der Waals surface area (Å²) in [7, 11) is 0. The van der Waals surface area contributed by atoms with Gasteiger partial charge in [-0.3, -0.25) is 0 Å². The van der Waals surface area contributed by atoms with Crippen molar-refractivity contribution in [1.82, 2.24) is 0 Å². The Morgan fingerprint density at radius 2 is 2.12 bits per heavy atom. The first-order valence-electron chi connectivity index (χ1n) is 7.27. The molecular weight excluding hydrogens is 208 g/mol. The van der Waals surface area contributed by atoms with Crippen LogP contribution in [-0.2, 0) is 4.74 Å². The molecule has 0 aromatic carbocycles. The lowest BCUT2D eigenvalue weighted by molar-refractivity contribution is 0.199. The van der Waals surface area contributed by atoms with Crippen LogP contribution in [0, 0.1) is 17.3 Å². The van der Waals surface area contributed by atoms with Crippen LogP contribution in [0.25, 0.3) is 0 Å². The first-order valence-corrected chi connectivity index (χ1v) is 7.27. The fraction of sp³-hybridized carbons (Fsp3) is 0.875. The number of ether oxygens (including phenoxy) is 1. The number of hydrogen-bond acceptors (Lipinski definition) is 1. The second-order valence-corrected chi connectivity index (χ2v) is 6.46. The van der Waals surface area contributed by atoms with Crippen LogP contribution in [0.2, 0.25) is 0 Å². The smallest absolute Gasteiger partial charge is 0.0890 e. The van der Waals surface area contributed by atoms with Gasteiger partial charge in [0.05, 0.1) is 12.4 Å². The third-order valence-electron chi connectivity index (χ3n) is 4.18. The van der Waals surface area contributed by atoms with Gasteiger partial charge in [-0.25, -0.2) is 0 Å². The summed E-state index contributed by atoms with van der Waals surface area (Å²) in [6, 6.07) is 0. The highest BCUT2D eigenvalue weighted by molar-refractivity contribution is 4.88. The van der Waals surface area contributed by atoms with Gasteiger partial charge in [0.25, 0.3) is 0 Å². The molecule has 1 fully saturated rings. The molecule has 0 heterocycles. The molecule has 0 amide bonds. The average molecular weight is 238 g/mol. The average Bonchev–Trinajstić information content (AvgIpc) is 2.57. The zero-order chi connectivity index (χ0) is 12.9. The van der Waals surface area contributed by atoms with Crippen LogP contribution in [0.5, 0.6) is 0 Å². The van der Waals surface area contributed by atoms with Gasteiger partial charge in [0, 0.05) is 6.42 Å². The van der Waals surface area contributed by atoms with Crippen molar-refractivity contribution < 1.29 is 4.74 Å². The molecule has 17 heavy (non-hydrogen) atoms. The molecule has 1 aliphatic carbocycles. The van der Waals surface area contributed by atoms with E-state index in [2.05, 4.69) is 27.4 Å². The zero-order valence-corrected chi connectivity index (χ0v) is 12.2. The first kappa shape index (κ1) is 14.6. The molecule has 0 aliphatic heterocycles. The molecule has 1 aliphatic rings. The van der Waals surface area contributed by atoms with Crippen molar-refractivity contribution in [3.63, 3.8) is 0 Å². The van der Waals surface area contributed by atoms with E-state index in [1.54, 1.807) is 0 Å². The van der Waals surface area contributed by atoms with Crippen LogP contribution in [0.1, 0.15) is 66.2 Å². The molecule has 1 rings (SSSR count). The highest BCUT2D eigenvalue weighted by atomic mass is 16.5. The quantitative estimate of drug-likeness (QED) is 0.556. The van der Waals surface area contributed by atoms with Gasteiger partial charge in [-0.2, -0.15) is 0 Å². The highest BCUT2D eigenvalue weighted by Crippen LogP contribution is 2.44. The third kappa shape index (κ3) is 5.14. The van der Waals surface area contributed by atoms with E-state index in [0.29, 0.717) is 5.41 Å². The van der Waals surface area contributed by atoms with Crippen molar-refractivity contribution in [3.8, 4) is 0 Å². The van der Waals surface area contributed by atoms with Gasteiger partial charge in [-0.05, 0) is 49.9 Å². The standard InChI is InChI=1S/C16H30O/c1-6-14(10-13(3)17-7-2)11-15-8-9-16(4,5)12-15/h14-15H,3,6-12H2,1-2,4-5H3. The van der Waals surface area contributed by atoms with Crippen molar-refractivity contribution in [2.45, 2.75) is 66.2 Å². The van der Waals surface area contributed by atoms with E-state index in [1.165, 1.54) is 32.1 Å². The van der Waals surface area contributed by atoms with Gasteiger partial charge in [0.1, 0.15) is 0 Å². The van der Waals surface area contributed by atoms with E-state index < -0.39 is 0 Å². The van der Waals surface area contributed by atoms with Gasteiger partial charge in [0.15, 0.2) is 0 Å². The molecule has 0 bridgehead atoms. The number of rotatable bonds is 7. The molecule has 2 atom stereocenters. The summed E-state index contributed by atoms with van der Waals surface area (Å²) in [6.45, 7) is 13.9. The predicted molar refractivity (Wildman–Crippen MR) is 74.9 cm³/mol. The molecule has 1 saturated carbocycles. The molecule has 0 aromatic heterocycles. The minimum atomic E-state index is 0.583. The van der Waals surface area contributed by atoms with E-state index >= 15 is 0 Å². The third-order valence-corrected chi connectivity index (χ3v) is 4.18. The Hall–Kier alpha value is -0.460. The fourth-order valence-electron chi connectivity index (χ4n) is 3.23. The molecule has 1 heteroatoms. The molecule has 2 unspecified atom stereocenters. The maximum atomic E-state index is 5.49. The van der Waals surface area contributed by atoms with Crippen LogP contribution in [0.15, 0.2) is 12.3 Å².